The van der Waals surface area contributed by atoms with Crippen LogP contribution in [0.25, 0.3) is 0 Å². The van der Waals surface area contributed by atoms with E-state index in [1.807, 2.05) is 10.7 Å². The van der Waals surface area contributed by atoms with Gasteiger partial charge in [0.25, 0.3) is 5.91 Å². The molecule has 0 aromatic carbocycles. The zero-order chi connectivity index (χ0) is 17.6. The van der Waals surface area contributed by atoms with Gasteiger partial charge in [-0.05, 0) is 31.7 Å². The molecule has 1 amide bonds. The Morgan fingerprint density at radius 1 is 1.48 bits per heavy atom. The molecule has 0 radical (unpaired) electrons. The fourth-order valence-electron chi connectivity index (χ4n) is 3.28. The average molecular weight is 346 g/mol. The van der Waals surface area contributed by atoms with Gasteiger partial charge in [-0.15, -0.1) is 0 Å². The fourth-order valence-corrected chi connectivity index (χ4v) is 3.28. The van der Waals surface area contributed by atoms with Crippen LogP contribution in [0.2, 0.25) is 0 Å². The summed E-state index contributed by atoms with van der Waals surface area (Å²) in [6.07, 6.45) is 1.62. The second-order valence-electron chi connectivity index (χ2n) is 6.79. The van der Waals surface area contributed by atoms with Gasteiger partial charge in [-0.3, -0.25) is 9.48 Å². The Morgan fingerprint density at radius 3 is 3.00 bits per heavy atom. The number of aromatic nitrogens is 3. The Hall–Kier alpha value is -2.19. The summed E-state index contributed by atoms with van der Waals surface area (Å²) < 4.78 is 12.2. The van der Waals surface area contributed by atoms with Crippen LogP contribution in [-0.4, -0.2) is 44.5 Å². The average Bonchev–Trinajstić information content (AvgIpc) is 3.28. The maximum absolute atomic E-state index is 12.8. The first kappa shape index (κ1) is 16.3. The van der Waals surface area contributed by atoms with Gasteiger partial charge < -0.3 is 19.3 Å². The zero-order valence-corrected chi connectivity index (χ0v) is 14.4. The van der Waals surface area contributed by atoms with E-state index in [1.165, 1.54) is 0 Å². The van der Waals surface area contributed by atoms with Crippen molar-refractivity contribution < 1.29 is 19.2 Å². The molecule has 2 aromatic rings. The standard InChI is InChI=1S/C17H22N4O4/c1-10-13(9-24-2)15(19-25-10)17(23)20-5-6-21-12(8-20)7-14(18-21)16(22)11-3-4-11/h7,11,16,22H,3-6,8-9H2,1-2H3/t16-/m0/s1. The van der Waals surface area contributed by atoms with Crippen molar-refractivity contribution in [2.24, 2.45) is 5.92 Å². The number of ether oxygens (including phenoxy) is 1. The number of aliphatic hydroxyl groups excluding tert-OH is 1. The van der Waals surface area contributed by atoms with Crippen LogP contribution in [0, 0.1) is 12.8 Å². The van der Waals surface area contributed by atoms with Gasteiger partial charge in [-0.2, -0.15) is 5.10 Å². The third-order valence-electron chi connectivity index (χ3n) is 4.95. The lowest BCUT2D eigenvalue weighted by atomic mass is 10.1. The minimum absolute atomic E-state index is 0.166. The third-order valence-corrected chi connectivity index (χ3v) is 4.95. The second kappa shape index (κ2) is 6.27. The number of fused-ring (bicyclic) bond motifs is 1. The van der Waals surface area contributed by atoms with E-state index in [0.717, 1.165) is 18.5 Å². The molecule has 25 heavy (non-hydrogen) atoms. The van der Waals surface area contributed by atoms with E-state index in [4.69, 9.17) is 9.26 Å². The highest BCUT2D eigenvalue weighted by Crippen LogP contribution is 2.40. The summed E-state index contributed by atoms with van der Waals surface area (Å²) in [5, 5.41) is 18.7. The molecule has 8 heteroatoms. The van der Waals surface area contributed by atoms with Crippen molar-refractivity contribution in [2.75, 3.05) is 13.7 Å². The van der Waals surface area contributed by atoms with Crippen molar-refractivity contribution in [3.05, 3.63) is 34.5 Å². The molecule has 3 heterocycles. The molecule has 0 saturated heterocycles. The van der Waals surface area contributed by atoms with Gasteiger partial charge >= 0.3 is 0 Å². The van der Waals surface area contributed by atoms with E-state index in [2.05, 4.69) is 10.3 Å². The van der Waals surface area contributed by atoms with Crippen LogP contribution < -0.4 is 0 Å². The van der Waals surface area contributed by atoms with Crippen LogP contribution in [0.1, 0.15) is 52.1 Å². The molecule has 1 atom stereocenters. The number of amides is 1. The lowest BCUT2D eigenvalue weighted by Crippen LogP contribution is -2.39. The number of carbonyl (C=O) groups is 1. The number of rotatable bonds is 5. The Bertz CT molecular complexity index is 793. The van der Waals surface area contributed by atoms with Gasteiger partial charge in [0.05, 0.1) is 36.6 Å². The van der Waals surface area contributed by atoms with Crippen molar-refractivity contribution in [3.8, 4) is 0 Å². The van der Waals surface area contributed by atoms with Gasteiger partial charge in [0.2, 0.25) is 0 Å². The minimum Gasteiger partial charge on any atom is -0.386 e. The topological polar surface area (TPSA) is 93.6 Å². The van der Waals surface area contributed by atoms with E-state index in [9.17, 15) is 9.90 Å². The molecular weight excluding hydrogens is 324 g/mol. The molecule has 1 aliphatic carbocycles. The molecule has 0 spiro atoms. The van der Waals surface area contributed by atoms with Crippen molar-refractivity contribution in [1.29, 1.82) is 0 Å². The number of nitrogens with zero attached hydrogens (tertiary/aromatic N) is 4. The Kier molecular flexibility index (Phi) is 4.09. The van der Waals surface area contributed by atoms with Crippen LogP contribution >= 0.6 is 0 Å². The molecule has 1 saturated carbocycles. The van der Waals surface area contributed by atoms with Gasteiger partial charge in [0.1, 0.15) is 11.9 Å². The van der Waals surface area contributed by atoms with Crippen LogP contribution in [0.5, 0.6) is 0 Å². The first-order valence-electron chi connectivity index (χ1n) is 8.56. The largest absolute Gasteiger partial charge is 0.386 e. The molecule has 8 nitrogen and oxygen atoms in total. The predicted octanol–water partition coefficient (Wildman–Crippen LogP) is 1.43. The smallest absolute Gasteiger partial charge is 0.276 e. The highest BCUT2D eigenvalue weighted by Gasteiger charge is 2.34. The first-order chi connectivity index (χ1) is 12.1. The quantitative estimate of drug-likeness (QED) is 0.880. The third kappa shape index (κ3) is 2.96. The number of hydrogen-bond acceptors (Lipinski definition) is 6. The van der Waals surface area contributed by atoms with Gasteiger partial charge in [-0.25, -0.2) is 0 Å². The fraction of sp³-hybridized carbons (Fsp3) is 0.588. The second-order valence-corrected chi connectivity index (χ2v) is 6.79. The van der Waals surface area contributed by atoms with Gasteiger partial charge in [-0.1, -0.05) is 5.16 Å². The van der Waals surface area contributed by atoms with E-state index in [-0.39, 0.29) is 5.91 Å². The Morgan fingerprint density at radius 2 is 2.28 bits per heavy atom. The Balaban J connectivity index is 1.53. The summed E-state index contributed by atoms with van der Waals surface area (Å²) in [5.41, 5.74) is 2.65. The molecular formula is C17H22N4O4. The molecule has 4 rings (SSSR count). The summed E-state index contributed by atoms with van der Waals surface area (Å²) in [5.74, 6) is 0.770. The maximum atomic E-state index is 12.8. The van der Waals surface area contributed by atoms with Crippen LogP contribution in [0.4, 0.5) is 0 Å². The summed E-state index contributed by atoms with van der Waals surface area (Å²) in [4.78, 5) is 14.6. The number of aliphatic hydroxyl groups is 1. The van der Waals surface area contributed by atoms with Crippen molar-refractivity contribution in [3.63, 3.8) is 0 Å². The zero-order valence-electron chi connectivity index (χ0n) is 14.4. The van der Waals surface area contributed by atoms with Gasteiger partial charge in [0, 0.05) is 13.7 Å². The normalized spacial score (nSPS) is 18.3. The number of aryl methyl sites for hydroxylation is 1. The van der Waals surface area contributed by atoms with Crippen molar-refractivity contribution in [1.82, 2.24) is 19.8 Å². The first-order valence-corrected chi connectivity index (χ1v) is 8.56. The maximum Gasteiger partial charge on any atom is 0.276 e. The summed E-state index contributed by atoms with van der Waals surface area (Å²) in [7, 11) is 1.58. The van der Waals surface area contributed by atoms with E-state index >= 15 is 0 Å². The summed E-state index contributed by atoms with van der Waals surface area (Å²) in [6, 6.07) is 1.91. The van der Waals surface area contributed by atoms with E-state index < -0.39 is 6.10 Å². The van der Waals surface area contributed by atoms with Crippen LogP contribution in [0.15, 0.2) is 10.6 Å². The lowest BCUT2D eigenvalue weighted by Gasteiger charge is -2.27. The van der Waals surface area contributed by atoms with Crippen molar-refractivity contribution in [2.45, 2.75) is 45.6 Å². The molecule has 0 unspecified atom stereocenters. The number of carbonyl (C=O) groups excluding carboxylic acids is 1. The molecule has 1 N–H and O–H groups in total. The molecule has 134 valence electrons. The number of methoxy groups -OCH3 is 1. The monoisotopic (exact) mass is 346 g/mol. The van der Waals surface area contributed by atoms with Gasteiger partial charge in [0.15, 0.2) is 5.69 Å². The van der Waals surface area contributed by atoms with Crippen LogP contribution in [0.3, 0.4) is 0 Å². The predicted molar refractivity (Wildman–Crippen MR) is 86.6 cm³/mol. The Labute approximate surface area is 145 Å². The molecule has 1 aliphatic heterocycles. The van der Waals surface area contributed by atoms with E-state index in [1.54, 1.807) is 18.9 Å². The van der Waals surface area contributed by atoms with Crippen molar-refractivity contribution >= 4 is 5.91 Å². The summed E-state index contributed by atoms with van der Waals surface area (Å²) >= 11 is 0. The molecule has 0 bridgehead atoms. The highest BCUT2D eigenvalue weighted by molar-refractivity contribution is 5.93. The molecule has 1 fully saturated rings. The summed E-state index contributed by atoms with van der Waals surface area (Å²) in [6.45, 7) is 3.66. The van der Waals surface area contributed by atoms with Crippen LogP contribution in [-0.2, 0) is 24.4 Å². The SMILES string of the molecule is COCc1c(C(=O)N2CCn3nc([C@@H](O)C4CC4)cc3C2)noc1C. The molecule has 2 aromatic heterocycles. The lowest BCUT2D eigenvalue weighted by molar-refractivity contribution is 0.0691. The highest BCUT2D eigenvalue weighted by atomic mass is 16.5. The molecule has 2 aliphatic rings. The number of hydrogen-bond donors (Lipinski definition) is 1. The van der Waals surface area contributed by atoms with E-state index in [0.29, 0.717) is 54.9 Å². The minimum atomic E-state index is -0.492.